The van der Waals surface area contributed by atoms with Crippen molar-refractivity contribution in [1.29, 1.82) is 0 Å². The molecule has 18 heavy (non-hydrogen) atoms. The molecule has 4 nitrogen and oxygen atoms in total. The molecule has 0 radical (unpaired) electrons. The van der Waals surface area contributed by atoms with Crippen LogP contribution in [0, 0.1) is 5.82 Å². The van der Waals surface area contributed by atoms with Crippen LogP contribution >= 0.6 is 0 Å². The second-order valence-corrected chi connectivity index (χ2v) is 4.14. The van der Waals surface area contributed by atoms with Crippen LogP contribution in [0.2, 0.25) is 0 Å². The van der Waals surface area contributed by atoms with E-state index in [1.165, 1.54) is 17.0 Å². The summed E-state index contributed by atoms with van der Waals surface area (Å²) in [7, 11) is 0. The Kier molecular flexibility index (Phi) is 5.58. The van der Waals surface area contributed by atoms with Gasteiger partial charge in [-0.25, -0.2) is 4.39 Å². The maximum absolute atomic E-state index is 13.2. The number of hydrogen-bond donors (Lipinski definition) is 2. The van der Waals surface area contributed by atoms with Crippen LogP contribution in [-0.2, 0) is 0 Å². The number of hydrogen-bond acceptors (Lipinski definition) is 3. The highest BCUT2D eigenvalue weighted by atomic mass is 19.1. The third kappa shape index (κ3) is 4.00. The number of nitrogens with two attached hydrogens (primary N) is 1. The van der Waals surface area contributed by atoms with E-state index in [4.69, 9.17) is 10.8 Å². The lowest BCUT2D eigenvalue weighted by molar-refractivity contribution is 0.0719. The fraction of sp³-hybridized carbons (Fsp3) is 0.462. The first-order valence-electron chi connectivity index (χ1n) is 6.04. The summed E-state index contributed by atoms with van der Waals surface area (Å²) in [5.41, 5.74) is 5.95. The predicted octanol–water partition coefficient (Wildman–Crippen LogP) is 1.64. The Morgan fingerprint density at radius 1 is 1.39 bits per heavy atom. The van der Waals surface area contributed by atoms with Gasteiger partial charge in [0.05, 0.1) is 6.61 Å². The van der Waals surface area contributed by atoms with Gasteiger partial charge >= 0.3 is 0 Å². The Hall–Kier alpha value is -1.62. The molecule has 0 aliphatic heterocycles. The fourth-order valence-corrected chi connectivity index (χ4v) is 1.70. The summed E-state index contributed by atoms with van der Waals surface area (Å²) in [5, 5.41) is 8.95. The number of aliphatic hydroxyl groups is 1. The second-order valence-electron chi connectivity index (χ2n) is 4.14. The predicted molar refractivity (Wildman–Crippen MR) is 68.7 cm³/mol. The van der Waals surface area contributed by atoms with Crippen molar-refractivity contribution >= 4 is 11.6 Å². The van der Waals surface area contributed by atoms with E-state index in [9.17, 15) is 9.18 Å². The summed E-state index contributed by atoms with van der Waals surface area (Å²) < 4.78 is 13.2. The Labute approximate surface area is 106 Å². The van der Waals surface area contributed by atoms with Crippen LogP contribution in [0.25, 0.3) is 0 Å². The summed E-state index contributed by atoms with van der Waals surface area (Å²) in [6.07, 6.45) is 1.79. The molecule has 1 amide bonds. The van der Waals surface area contributed by atoms with Crippen molar-refractivity contribution in [2.45, 2.75) is 19.8 Å². The lowest BCUT2D eigenvalue weighted by Gasteiger charge is -2.21. The molecule has 100 valence electrons. The molecule has 1 aromatic rings. The van der Waals surface area contributed by atoms with Gasteiger partial charge in [0.15, 0.2) is 0 Å². The van der Waals surface area contributed by atoms with Gasteiger partial charge in [-0.1, -0.05) is 13.3 Å². The number of halogens is 1. The van der Waals surface area contributed by atoms with Crippen molar-refractivity contribution in [2.24, 2.45) is 0 Å². The monoisotopic (exact) mass is 254 g/mol. The number of aliphatic hydroxyl groups excluding tert-OH is 1. The lowest BCUT2D eigenvalue weighted by atomic mass is 10.1. The molecule has 3 N–H and O–H groups in total. The Morgan fingerprint density at radius 2 is 2.11 bits per heavy atom. The van der Waals surface area contributed by atoms with Crippen molar-refractivity contribution in [2.75, 3.05) is 25.4 Å². The van der Waals surface area contributed by atoms with Crippen LogP contribution in [0.4, 0.5) is 10.1 Å². The molecule has 0 aromatic heterocycles. The van der Waals surface area contributed by atoms with E-state index in [2.05, 4.69) is 0 Å². The smallest absolute Gasteiger partial charge is 0.254 e. The van der Waals surface area contributed by atoms with Gasteiger partial charge in [0, 0.05) is 24.3 Å². The molecule has 0 unspecified atom stereocenters. The maximum Gasteiger partial charge on any atom is 0.254 e. The van der Waals surface area contributed by atoms with Crippen molar-refractivity contribution in [3.63, 3.8) is 0 Å². The highest BCUT2D eigenvalue weighted by Crippen LogP contribution is 2.13. The summed E-state index contributed by atoms with van der Waals surface area (Å²) in [6.45, 7) is 2.70. The highest BCUT2D eigenvalue weighted by molar-refractivity contribution is 5.95. The molecule has 0 saturated heterocycles. The molecule has 0 aliphatic rings. The number of carbonyl (C=O) groups is 1. The third-order valence-electron chi connectivity index (χ3n) is 2.61. The molecule has 0 heterocycles. The number of nitrogens with zero attached hydrogens (tertiary/aromatic N) is 1. The maximum atomic E-state index is 13.2. The average molecular weight is 254 g/mol. The Bertz CT molecular complexity index is 390. The first-order valence-corrected chi connectivity index (χ1v) is 6.04. The molecular formula is C13H19FN2O2. The van der Waals surface area contributed by atoms with E-state index in [1.54, 1.807) is 0 Å². The van der Waals surface area contributed by atoms with Crippen molar-refractivity contribution < 1.29 is 14.3 Å². The van der Waals surface area contributed by atoms with Crippen LogP contribution in [0.1, 0.15) is 30.1 Å². The topological polar surface area (TPSA) is 66.6 Å². The van der Waals surface area contributed by atoms with Crippen LogP contribution in [0.5, 0.6) is 0 Å². The van der Waals surface area contributed by atoms with E-state index in [0.717, 1.165) is 18.9 Å². The van der Waals surface area contributed by atoms with Crippen LogP contribution < -0.4 is 5.73 Å². The molecule has 1 rings (SSSR count). The minimum absolute atomic E-state index is 0.111. The van der Waals surface area contributed by atoms with Gasteiger partial charge in [0.25, 0.3) is 5.91 Å². The fourth-order valence-electron chi connectivity index (χ4n) is 1.70. The SMILES string of the molecule is CCCCN(CCO)C(=O)c1cc(N)cc(F)c1. The second kappa shape index (κ2) is 6.96. The number of carbonyl (C=O) groups excluding carboxylic acids is 1. The summed E-state index contributed by atoms with van der Waals surface area (Å²) in [6, 6.07) is 3.77. The van der Waals surface area contributed by atoms with Gasteiger partial charge in [0.2, 0.25) is 0 Å². The molecule has 5 heteroatoms. The zero-order chi connectivity index (χ0) is 13.5. The number of unbranched alkanes of at least 4 members (excludes halogenated alkanes) is 1. The van der Waals surface area contributed by atoms with Crippen LogP contribution in [0.3, 0.4) is 0 Å². The molecule has 0 aliphatic carbocycles. The van der Waals surface area contributed by atoms with Gasteiger partial charge in [-0.2, -0.15) is 0 Å². The van der Waals surface area contributed by atoms with Crippen LogP contribution in [0.15, 0.2) is 18.2 Å². The number of nitrogen functional groups attached to an aromatic ring is 1. The molecule has 0 atom stereocenters. The van der Waals surface area contributed by atoms with Gasteiger partial charge in [-0.05, 0) is 24.6 Å². The van der Waals surface area contributed by atoms with E-state index in [1.807, 2.05) is 6.92 Å². The molecule has 0 fully saturated rings. The number of amides is 1. The molecule has 0 saturated carbocycles. The zero-order valence-corrected chi connectivity index (χ0v) is 10.5. The van der Waals surface area contributed by atoms with Gasteiger partial charge in [-0.15, -0.1) is 0 Å². The zero-order valence-electron chi connectivity index (χ0n) is 10.5. The van der Waals surface area contributed by atoms with Crippen molar-refractivity contribution in [1.82, 2.24) is 4.90 Å². The minimum atomic E-state index is -0.530. The Balaban J connectivity index is 2.86. The first kappa shape index (κ1) is 14.4. The highest BCUT2D eigenvalue weighted by Gasteiger charge is 2.15. The minimum Gasteiger partial charge on any atom is -0.399 e. The third-order valence-corrected chi connectivity index (χ3v) is 2.61. The van der Waals surface area contributed by atoms with Crippen LogP contribution in [-0.4, -0.2) is 35.6 Å². The summed E-state index contributed by atoms with van der Waals surface area (Å²) in [5.74, 6) is -0.832. The number of rotatable bonds is 6. The Morgan fingerprint density at radius 3 is 2.67 bits per heavy atom. The standard InChI is InChI=1S/C13H19FN2O2/c1-2-3-4-16(5-6-17)13(18)10-7-11(14)9-12(15)8-10/h7-9,17H,2-6,15H2,1H3. The van der Waals surface area contributed by atoms with E-state index in [0.29, 0.717) is 6.54 Å². The van der Waals surface area contributed by atoms with E-state index in [-0.39, 0.29) is 30.3 Å². The largest absolute Gasteiger partial charge is 0.399 e. The summed E-state index contributed by atoms with van der Waals surface area (Å²) in [4.78, 5) is 13.6. The van der Waals surface area contributed by atoms with Crippen molar-refractivity contribution in [3.05, 3.63) is 29.6 Å². The van der Waals surface area contributed by atoms with E-state index >= 15 is 0 Å². The van der Waals surface area contributed by atoms with Gasteiger partial charge in [0.1, 0.15) is 5.82 Å². The van der Waals surface area contributed by atoms with E-state index < -0.39 is 5.82 Å². The first-order chi connectivity index (χ1) is 8.58. The summed E-state index contributed by atoms with van der Waals surface area (Å²) >= 11 is 0. The van der Waals surface area contributed by atoms with Crippen molar-refractivity contribution in [3.8, 4) is 0 Å². The molecule has 0 bridgehead atoms. The van der Waals surface area contributed by atoms with Gasteiger partial charge < -0.3 is 15.7 Å². The lowest BCUT2D eigenvalue weighted by Crippen LogP contribution is -2.34. The normalized spacial score (nSPS) is 10.4. The molecule has 1 aromatic carbocycles. The average Bonchev–Trinajstić information content (AvgIpc) is 2.32. The number of benzene rings is 1. The quantitative estimate of drug-likeness (QED) is 0.758. The molecular weight excluding hydrogens is 235 g/mol. The number of anilines is 1. The molecule has 0 spiro atoms. The van der Waals surface area contributed by atoms with Gasteiger partial charge in [-0.3, -0.25) is 4.79 Å².